The quantitative estimate of drug-likeness (QED) is 0.583. The van der Waals surface area contributed by atoms with Crippen LogP contribution < -0.4 is 16.0 Å². The number of anilines is 1. The van der Waals surface area contributed by atoms with Gasteiger partial charge in [0.15, 0.2) is 0 Å². The van der Waals surface area contributed by atoms with Gasteiger partial charge in [0.2, 0.25) is 5.91 Å². The summed E-state index contributed by atoms with van der Waals surface area (Å²) in [5.74, 6) is 0.600. The van der Waals surface area contributed by atoms with Crippen molar-refractivity contribution in [1.29, 1.82) is 0 Å². The number of fused-ring (bicyclic) bond motifs is 2. The first kappa shape index (κ1) is 18.8. The molecule has 4 rings (SSSR count). The van der Waals surface area contributed by atoms with E-state index in [0.717, 1.165) is 29.2 Å². The Hall–Kier alpha value is -2.51. The average molecular weight is 398 g/mol. The Bertz CT molecular complexity index is 900. The normalized spacial score (nSPS) is 22.8. The fraction of sp³-hybridized carbons (Fsp3) is 0.333. The number of nitrogens with one attached hydrogen (secondary N) is 3. The van der Waals surface area contributed by atoms with E-state index < -0.39 is 0 Å². The minimum absolute atomic E-state index is 0.0489. The summed E-state index contributed by atoms with van der Waals surface area (Å²) in [4.78, 5) is 25.6. The van der Waals surface area contributed by atoms with Gasteiger partial charge in [0.1, 0.15) is 5.75 Å². The summed E-state index contributed by atoms with van der Waals surface area (Å²) in [6.07, 6.45) is 2.21. The molecule has 6 nitrogen and oxygen atoms in total. The number of amides is 2. The number of phenols is 1. The molecule has 2 fully saturated rings. The highest BCUT2D eigenvalue weighted by Gasteiger charge is 2.39. The molecule has 1 heterocycles. The molecule has 2 aliphatic rings. The number of benzene rings is 2. The van der Waals surface area contributed by atoms with Crippen LogP contribution in [-0.2, 0) is 4.79 Å². The minimum Gasteiger partial charge on any atom is -0.508 e. The molecule has 146 valence electrons. The van der Waals surface area contributed by atoms with Gasteiger partial charge >= 0.3 is 0 Å². The lowest BCUT2D eigenvalue weighted by Gasteiger charge is -2.24. The molecular weight excluding hydrogens is 374 g/mol. The van der Waals surface area contributed by atoms with Crippen LogP contribution in [-0.4, -0.2) is 35.5 Å². The van der Waals surface area contributed by atoms with Crippen molar-refractivity contribution in [2.24, 2.45) is 5.92 Å². The van der Waals surface area contributed by atoms with Gasteiger partial charge in [0, 0.05) is 34.4 Å². The Kier molecular flexibility index (Phi) is 5.28. The summed E-state index contributed by atoms with van der Waals surface area (Å²) in [6.45, 7) is 2.51. The summed E-state index contributed by atoms with van der Waals surface area (Å²) in [5.41, 5.74) is 1.27. The first-order valence-corrected chi connectivity index (χ1v) is 10.2. The predicted molar refractivity (Wildman–Crippen MR) is 109 cm³/mol. The highest BCUT2D eigenvalue weighted by molar-refractivity contribution is 7.99. The smallest absolute Gasteiger partial charge is 0.251 e. The number of phenolic OH excluding ortho intramolecular Hbond substituents is 1. The van der Waals surface area contributed by atoms with E-state index in [1.807, 2.05) is 12.1 Å². The molecule has 0 aromatic heterocycles. The molecular formula is C21H23N3O3S. The fourth-order valence-corrected chi connectivity index (χ4v) is 4.89. The number of carbonyl (C=O) groups is 2. The zero-order chi connectivity index (χ0) is 19.7. The van der Waals surface area contributed by atoms with E-state index in [4.69, 9.17) is 0 Å². The summed E-state index contributed by atoms with van der Waals surface area (Å²) < 4.78 is 0. The number of piperidine rings is 1. The third kappa shape index (κ3) is 4.15. The van der Waals surface area contributed by atoms with E-state index in [-0.39, 0.29) is 23.6 Å². The largest absolute Gasteiger partial charge is 0.508 e. The molecule has 3 unspecified atom stereocenters. The number of rotatable bonds is 5. The molecule has 2 aromatic rings. The highest BCUT2D eigenvalue weighted by Crippen LogP contribution is 2.36. The second kappa shape index (κ2) is 7.85. The fourth-order valence-electron chi connectivity index (χ4n) is 3.95. The van der Waals surface area contributed by atoms with Crippen LogP contribution in [0.1, 0.15) is 30.1 Å². The van der Waals surface area contributed by atoms with Gasteiger partial charge in [0.25, 0.3) is 5.91 Å². The first-order valence-electron chi connectivity index (χ1n) is 9.40. The van der Waals surface area contributed by atoms with Crippen molar-refractivity contribution in [2.75, 3.05) is 11.9 Å². The van der Waals surface area contributed by atoms with Crippen molar-refractivity contribution in [3.8, 4) is 5.75 Å². The molecule has 7 heteroatoms. The maximum absolute atomic E-state index is 12.5. The monoisotopic (exact) mass is 397 g/mol. The van der Waals surface area contributed by atoms with Gasteiger partial charge < -0.3 is 21.1 Å². The van der Waals surface area contributed by atoms with Crippen molar-refractivity contribution in [3.63, 3.8) is 0 Å². The maximum atomic E-state index is 12.5. The van der Waals surface area contributed by atoms with Crippen LogP contribution in [0.2, 0.25) is 0 Å². The van der Waals surface area contributed by atoms with E-state index >= 15 is 0 Å². The lowest BCUT2D eigenvalue weighted by atomic mass is 10.1. The molecule has 2 aromatic carbocycles. The van der Waals surface area contributed by atoms with Crippen LogP contribution in [0, 0.1) is 5.92 Å². The van der Waals surface area contributed by atoms with E-state index in [1.54, 1.807) is 24.3 Å². The third-order valence-electron chi connectivity index (χ3n) is 5.27. The van der Waals surface area contributed by atoms with Crippen LogP contribution in [0.15, 0.2) is 52.3 Å². The summed E-state index contributed by atoms with van der Waals surface area (Å²) >= 11 is 1.42. The number of carbonyl (C=O) groups excluding carboxylic acids is 2. The molecule has 0 radical (unpaired) electrons. The van der Waals surface area contributed by atoms with Gasteiger partial charge in [-0.05, 0) is 67.8 Å². The molecule has 0 spiro atoms. The molecule has 2 bridgehead atoms. The van der Waals surface area contributed by atoms with Crippen LogP contribution in [0.3, 0.4) is 0 Å². The first-order chi connectivity index (χ1) is 13.5. The van der Waals surface area contributed by atoms with Gasteiger partial charge in [-0.3, -0.25) is 9.59 Å². The Morgan fingerprint density at radius 2 is 1.93 bits per heavy atom. The molecule has 4 N–H and O–H groups in total. The number of aromatic hydroxyl groups is 1. The van der Waals surface area contributed by atoms with Crippen molar-refractivity contribution in [2.45, 2.75) is 41.6 Å². The second-order valence-corrected chi connectivity index (χ2v) is 8.54. The number of hydrogen-bond acceptors (Lipinski definition) is 5. The summed E-state index contributed by atoms with van der Waals surface area (Å²) in [6, 6.07) is 12.8. The minimum atomic E-state index is -0.172. The third-order valence-corrected chi connectivity index (χ3v) is 6.33. The van der Waals surface area contributed by atoms with Crippen molar-refractivity contribution >= 4 is 29.3 Å². The average Bonchev–Trinajstić information content (AvgIpc) is 3.27. The molecule has 1 saturated heterocycles. The van der Waals surface area contributed by atoms with Gasteiger partial charge in [-0.25, -0.2) is 0 Å². The maximum Gasteiger partial charge on any atom is 0.251 e. The van der Waals surface area contributed by atoms with E-state index in [1.165, 1.54) is 24.8 Å². The SMILES string of the molecule is CC(=O)Nc1ccc(O)cc1Sc1ccc(C(=O)NC2CC3CNC2C3)cc1. The zero-order valence-corrected chi connectivity index (χ0v) is 16.4. The molecule has 1 saturated carbocycles. The van der Waals surface area contributed by atoms with Gasteiger partial charge in [-0.15, -0.1) is 0 Å². The van der Waals surface area contributed by atoms with Crippen LogP contribution in [0.4, 0.5) is 5.69 Å². The number of hydrogen-bond donors (Lipinski definition) is 4. The van der Waals surface area contributed by atoms with E-state index in [9.17, 15) is 14.7 Å². The van der Waals surface area contributed by atoms with Crippen molar-refractivity contribution in [3.05, 3.63) is 48.0 Å². The van der Waals surface area contributed by atoms with Gasteiger partial charge in [-0.1, -0.05) is 11.8 Å². The van der Waals surface area contributed by atoms with Crippen LogP contribution in [0.25, 0.3) is 0 Å². The predicted octanol–water partition coefficient (Wildman–Crippen LogP) is 2.98. The topological polar surface area (TPSA) is 90.5 Å². The zero-order valence-electron chi connectivity index (χ0n) is 15.6. The molecule has 1 aliphatic carbocycles. The summed E-state index contributed by atoms with van der Waals surface area (Å²) in [5, 5.41) is 19.1. The second-order valence-electron chi connectivity index (χ2n) is 7.42. The molecule has 3 atom stereocenters. The van der Waals surface area contributed by atoms with Crippen LogP contribution >= 0.6 is 11.8 Å². The summed E-state index contributed by atoms with van der Waals surface area (Å²) in [7, 11) is 0. The van der Waals surface area contributed by atoms with Crippen molar-refractivity contribution < 1.29 is 14.7 Å². The van der Waals surface area contributed by atoms with Gasteiger partial charge in [-0.2, -0.15) is 0 Å². The van der Waals surface area contributed by atoms with Gasteiger partial charge in [0.05, 0.1) is 5.69 Å². The lowest BCUT2D eigenvalue weighted by molar-refractivity contribution is -0.114. The van der Waals surface area contributed by atoms with Crippen LogP contribution in [0.5, 0.6) is 5.75 Å². The Labute approximate surface area is 168 Å². The van der Waals surface area contributed by atoms with E-state index in [0.29, 0.717) is 23.2 Å². The Morgan fingerprint density at radius 3 is 2.57 bits per heavy atom. The lowest BCUT2D eigenvalue weighted by Crippen LogP contribution is -2.47. The molecule has 1 aliphatic heterocycles. The molecule has 28 heavy (non-hydrogen) atoms. The highest BCUT2D eigenvalue weighted by atomic mass is 32.2. The Morgan fingerprint density at radius 1 is 1.14 bits per heavy atom. The Balaban J connectivity index is 1.43. The van der Waals surface area contributed by atoms with E-state index in [2.05, 4.69) is 16.0 Å². The molecule has 2 amide bonds. The van der Waals surface area contributed by atoms with Crippen molar-refractivity contribution in [1.82, 2.24) is 10.6 Å². The standard InChI is InChI=1S/C21H23N3O3S/c1-12(25)23-17-7-4-15(26)10-20(17)28-16-5-2-14(3-6-16)21(27)24-19-9-13-8-18(19)22-11-13/h2-7,10,13,18-19,22,26H,8-9,11H2,1H3,(H,23,25)(H,24,27).